The molecule has 0 aromatic heterocycles. The van der Waals surface area contributed by atoms with Crippen LogP contribution in [-0.2, 0) is 9.84 Å². The second kappa shape index (κ2) is 3.81. The Labute approximate surface area is 102 Å². The van der Waals surface area contributed by atoms with Crippen LogP contribution in [0.1, 0.15) is 20.8 Å². The molecule has 0 bridgehead atoms. The topological polar surface area (TPSA) is 46.5 Å². The van der Waals surface area contributed by atoms with Crippen LogP contribution in [0.2, 0.25) is 0 Å². The minimum atomic E-state index is -3.37. The van der Waals surface area contributed by atoms with Crippen molar-refractivity contribution in [3.63, 3.8) is 0 Å². The van der Waals surface area contributed by atoms with Gasteiger partial charge in [0.05, 0.1) is 21.7 Å². The predicted molar refractivity (Wildman–Crippen MR) is 68.6 cm³/mol. The summed E-state index contributed by atoms with van der Waals surface area (Å²) in [4.78, 5) is 4.44. The standard InChI is InChI=1S/C13H15NO2S/c1-13(2,3)12-11(14-12)9-17(15,16)10-7-5-4-6-8-10/h4-9H,1-3H3/b11-9+. The highest BCUT2D eigenvalue weighted by Crippen LogP contribution is 2.33. The molecule has 3 nitrogen and oxygen atoms in total. The highest BCUT2D eigenvalue weighted by Gasteiger charge is 2.33. The van der Waals surface area contributed by atoms with E-state index in [-0.39, 0.29) is 5.41 Å². The van der Waals surface area contributed by atoms with E-state index >= 15 is 0 Å². The molecule has 0 saturated heterocycles. The maximum Gasteiger partial charge on any atom is 0.201 e. The third-order valence-electron chi connectivity index (χ3n) is 2.47. The molecule has 1 aliphatic rings. The van der Waals surface area contributed by atoms with Crippen molar-refractivity contribution in [1.82, 2.24) is 0 Å². The lowest BCUT2D eigenvalue weighted by Crippen LogP contribution is -2.11. The summed E-state index contributed by atoms with van der Waals surface area (Å²) in [6.07, 6.45) is 0. The fraction of sp³-hybridized carbons (Fsp3) is 0.308. The van der Waals surface area contributed by atoms with Gasteiger partial charge in [0.25, 0.3) is 0 Å². The van der Waals surface area contributed by atoms with Gasteiger partial charge < -0.3 is 0 Å². The van der Waals surface area contributed by atoms with Crippen molar-refractivity contribution >= 4 is 15.5 Å². The van der Waals surface area contributed by atoms with Crippen LogP contribution >= 0.6 is 0 Å². The molecule has 0 amide bonds. The third-order valence-corrected chi connectivity index (χ3v) is 3.94. The Kier molecular flexibility index (Phi) is 2.70. The number of rotatable bonds is 2. The van der Waals surface area contributed by atoms with Crippen molar-refractivity contribution in [1.29, 1.82) is 0 Å². The van der Waals surface area contributed by atoms with Crippen molar-refractivity contribution in [2.24, 2.45) is 10.4 Å². The molecule has 17 heavy (non-hydrogen) atoms. The molecule has 0 atom stereocenters. The summed E-state index contributed by atoms with van der Waals surface area (Å²) in [5.41, 5.74) is 1.39. The zero-order valence-electron chi connectivity index (χ0n) is 10.1. The molecule has 0 spiro atoms. The molecule has 1 aliphatic heterocycles. The first-order chi connectivity index (χ1) is 7.81. The lowest BCUT2D eigenvalue weighted by Gasteiger charge is -2.09. The molecule has 0 radical (unpaired) electrons. The van der Waals surface area contributed by atoms with Crippen molar-refractivity contribution in [3.8, 4) is 0 Å². The molecule has 0 saturated carbocycles. The van der Waals surface area contributed by atoms with Gasteiger partial charge >= 0.3 is 0 Å². The second-order valence-corrected chi connectivity index (χ2v) is 6.87. The number of hydrogen-bond donors (Lipinski definition) is 0. The molecular formula is C13H15NO2S. The van der Waals surface area contributed by atoms with Crippen molar-refractivity contribution < 1.29 is 8.42 Å². The van der Waals surface area contributed by atoms with E-state index in [1.165, 1.54) is 5.41 Å². The van der Waals surface area contributed by atoms with Crippen LogP contribution in [0.25, 0.3) is 0 Å². The first-order valence-electron chi connectivity index (χ1n) is 5.42. The third kappa shape index (κ3) is 2.64. The normalized spacial score (nSPS) is 18.1. The second-order valence-electron chi connectivity index (χ2n) is 5.07. The first kappa shape index (κ1) is 12.0. The SMILES string of the molecule is CC(C)(C)C1=NC/1=C/S(=O)(=O)c1ccccc1. The Morgan fingerprint density at radius 1 is 1.12 bits per heavy atom. The zero-order valence-corrected chi connectivity index (χ0v) is 11.0. The summed E-state index contributed by atoms with van der Waals surface area (Å²) in [5.74, 6) is 0. The van der Waals surface area contributed by atoms with Gasteiger partial charge in [0.1, 0.15) is 0 Å². The van der Waals surface area contributed by atoms with Gasteiger partial charge in [0, 0.05) is 5.41 Å². The fourth-order valence-corrected chi connectivity index (χ4v) is 2.68. The highest BCUT2D eigenvalue weighted by molar-refractivity contribution is 7.94. The van der Waals surface area contributed by atoms with E-state index < -0.39 is 9.84 Å². The number of sulfone groups is 1. The quantitative estimate of drug-likeness (QED) is 0.809. The van der Waals surface area contributed by atoms with E-state index in [1.54, 1.807) is 30.3 Å². The summed E-state index contributed by atoms with van der Waals surface area (Å²) in [5, 5.41) is 1.25. The van der Waals surface area contributed by atoms with Gasteiger partial charge in [-0.3, -0.25) is 0 Å². The average molecular weight is 249 g/mol. The average Bonchev–Trinajstić information content (AvgIpc) is 2.97. The van der Waals surface area contributed by atoms with E-state index in [4.69, 9.17) is 0 Å². The van der Waals surface area contributed by atoms with Crippen molar-refractivity contribution in [2.75, 3.05) is 0 Å². The predicted octanol–water partition coefficient (Wildman–Crippen LogP) is 2.80. The number of benzene rings is 1. The largest absolute Gasteiger partial charge is 0.248 e. The van der Waals surface area contributed by atoms with E-state index in [1.807, 2.05) is 20.8 Å². The number of hydrogen-bond acceptors (Lipinski definition) is 3. The van der Waals surface area contributed by atoms with Crippen molar-refractivity contribution in [2.45, 2.75) is 25.7 Å². The van der Waals surface area contributed by atoms with E-state index in [0.717, 1.165) is 5.71 Å². The highest BCUT2D eigenvalue weighted by atomic mass is 32.2. The Hall–Kier alpha value is -1.42. The van der Waals surface area contributed by atoms with Crippen LogP contribution in [0.3, 0.4) is 0 Å². The molecule has 90 valence electrons. The van der Waals surface area contributed by atoms with Gasteiger partial charge in [-0.2, -0.15) is 0 Å². The summed E-state index contributed by atoms with van der Waals surface area (Å²) >= 11 is 0. The summed E-state index contributed by atoms with van der Waals surface area (Å²) < 4.78 is 24.0. The Bertz CT molecular complexity index is 590. The summed E-state index contributed by atoms with van der Waals surface area (Å²) in [6, 6.07) is 8.39. The lowest BCUT2D eigenvalue weighted by molar-refractivity contribution is 0.602. The molecule has 0 N–H and O–H groups in total. The van der Waals surface area contributed by atoms with Gasteiger partial charge in [-0.15, -0.1) is 0 Å². The van der Waals surface area contributed by atoms with Crippen LogP contribution < -0.4 is 0 Å². The van der Waals surface area contributed by atoms with Gasteiger partial charge in [0.2, 0.25) is 9.84 Å². The van der Waals surface area contributed by atoms with E-state index in [9.17, 15) is 8.42 Å². The molecule has 4 heteroatoms. The number of nitrogens with zero attached hydrogens (tertiary/aromatic N) is 1. The smallest absolute Gasteiger partial charge is 0.201 e. The Morgan fingerprint density at radius 2 is 1.71 bits per heavy atom. The number of aliphatic imine (C=N–C) groups is 1. The molecule has 1 heterocycles. The molecular weight excluding hydrogens is 234 g/mol. The van der Waals surface area contributed by atoms with Gasteiger partial charge in [-0.1, -0.05) is 39.0 Å². The Balaban J connectivity index is 2.26. The fourth-order valence-electron chi connectivity index (χ4n) is 1.55. The van der Waals surface area contributed by atoms with Crippen LogP contribution in [0.15, 0.2) is 51.3 Å². The summed E-state index contributed by atoms with van der Waals surface area (Å²) in [7, 11) is -3.37. The lowest BCUT2D eigenvalue weighted by atomic mass is 9.92. The molecule has 2 rings (SSSR count). The van der Waals surface area contributed by atoms with Gasteiger partial charge in [-0.05, 0) is 12.1 Å². The van der Waals surface area contributed by atoms with Crippen molar-refractivity contribution in [3.05, 3.63) is 41.4 Å². The molecule has 1 aromatic rings. The maximum atomic E-state index is 12.0. The monoisotopic (exact) mass is 249 g/mol. The Morgan fingerprint density at radius 3 is 2.18 bits per heavy atom. The molecule has 1 aromatic carbocycles. The minimum absolute atomic E-state index is 0.0853. The van der Waals surface area contributed by atoms with Crippen LogP contribution in [-0.4, -0.2) is 14.1 Å². The minimum Gasteiger partial charge on any atom is -0.248 e. The molecule has 0 unspecified atom stereocenters. The molecule has 0 fully saturated rings. The van der Waals surface area contributed by atoms with E-state index in [2.05, 4.69) is 4.99 Å². The van der Waals surface area contributed by atoms with Gasteiger partial charge in [-0.25, -0.2) is 13.4 Å². The van der Waals surface area contributed by atoms with Crippen LogP contribution in [0.4, 0.5) is 0 Å². The molecule has 0 aliphatic carbocycles. The first-order valence-corrected chi connectivity index (χ1v) is 6.97. The van der Waals surface area contributed by atoms with E-state index in [0.29, 0.717) is 10.6 Å². The van der Waals surface area contributed by atoms with Crippen LogP contribution in [0, 0.1) is 5.41 Å². The van der Waals surface area contributed by atoms with Crippen LogP contribution in [0.5, 0.6) is 0 Å². The maximum absolute atomic E-state index is 12.0. The van der Waals surface area contributed by atoms with Gasteiger partial charge in [0.15, 0.2) is 0 Å². The summed E-state index contributed by atoms with van der Waals surface area (Å²) in [6.45, 7) is 6.05. The number of allylic oxidation sites excluding steroid dienone is 1. The zero-order chi connectivity index (χ0) is 12.7.